The van der Waals surface area contributed by atoms with E-state index in [1.54, 1.807) is 0 Å². The Hall–Kier alpha value is 0.310. The van der Waals surface area contributed by atoms with E-state index in [1.807, 2.05) is 0 Å². The molecule has 0 radical (unpaired) electrons. The number of hydrogen-bond acceptors (Lipinski definition) is 3. The van der Waals surface area contributed by atoms with E-state index in [4.69, 9.17) is 0 Å². The van der Waals surface area contributed by atoms with Crippen LogP contribution in [0.15, 0.2) is 0 Å². The van der Waals surface area contributed by atoms with Gasteiger partial charge in [0.2, 0.25) is 0 Å². The van der Waals surface area contributed by atoms with E-state index in [0.29, 0.717) is 0 Å². The molecule has 0 N–H and O–H groups in total. The Morgan fingerprint density at radius 3 is 1.22 bits per heavy atom. The molecule has 0 unspecified atom stereocenters. The molecule has 0 atom stereocenters. The van der Waals surface area contributed by atoms with E-state index < -0.39 is 0 Å². The minimum atomic E-state index is -0.265. The van der Waals surface area contributed by atoms with E-state index >= 15 is 0 Å². The molecule has 0 aliphatic carbocycles. The summed E-state index contributed by atoms with van der Waals surface area (Å²) in [5, 5.41) is 0. The normalized spacial score (nSPS) is 28.6. The van der Waals surface area contributed by atoms with Crippen molar-refractivity contribution < 1.29 is 0 Å². The fraction of sp³-hybridized carbons (Fsp3) is 1.00. The van der Waals surface area contributed by atoms with Crippen LogP contribution in [0.1, 0.15) is 60.8 Å². The average Bonchev–Trinajstić information content (AvgIpc) is 2.38. The van der Waals surface area contributed by atoms with E-state index in [0.717, 1.165) is 23.7 Å². The maximum Gasteiger partial charge on any atom is 0.120 e. The van der Waals surface area contributed by atoms with Gasteiger partial charge in [-0.2, -0.15) is 0 Å². The molecule has 4 heteroatoms. The van der Waals surface area contributed by atoms with Gasteiger partial charge in [-0.15, -0.1) is 0 Å². The van der Waals surface area contributed by atoms with Crippen molar-refractivity contribution in [2.45, 2.75) is 60.8 Å². The lowest BCUT2D eigenvalue weighted by Gasteiger charge is -2.51. The number of fused-ring (bicyclic) bond motifs is 6. The molecule has 3 aliphatic heterocycles. The van der Waals surface area contributed by atoms with Crippen LogP contribution in [-0.2, 0) is 0 Å². The zero-order chi connectivity index (χ0) is 17.0. The van der Waals surface area contributed by atoms with Gasteiger partial charge >= 0.3 is 0 Å². The van der Waals surface area contributed by atoms with Crippen LogP contribution >= 0.6 is 8.37 Å². The molecule has 3 saturated heterocycles. The number of hydrogen-bond donors (Lipinski definition) is 0. The van der Waals surface area contributed by atoms with E-state index in [2.05, 4.69) is 55.6 Å². The van der Waals surface area contributed by atoms with E-state index in [1.165, 1.54) is 58.5 Å². The predicted octanol–water partition coefficient (Wildman–Crippen LogP) is 4.90. The minimum Gasteiger partial charge on any atom is -0.257 e. The molecular formula is C19H40N3P. The summed E-state index contributed by atoms with van der Waals surface area (Å²) in [5.41, 5.74) is 0. The second kappa shape index (κ2) is 9.13. The van der Waals surface area contributed by atoms with Gasteiger partial charge in [0.25, 0.3) is 0 Å². The highest BCUT2D eigenvalue weighted by Gasteiger charge is 2.37. The van der Waals surface area contributed by atoms with Gasteiger partial charge in [-0.05, 0) is 42.9 Å². The zero-order valence-corrected chi connectivity index (χ0v) is 17.4. The molecule has 0 spiro atoms. The molecule has 2 bridgehead atoms. The molecule has 3 fully saturated rings. The fourth-order valence-corrected chi connectivity index (χ4v) is 7.36. The van der Waals surface area contributed by atoms with Crippen LogP contribution in [-0.4, -0.2) is 53.3 Å². The van der Waals surface area contributed by atoms with Gasteiger partial charge in [0, 0.05) is 39.3 Å². The largest absolute Gasteiger partial charge is 0.257 e. The molecule has 0 aromatic rings. The lowest BCUT2D eigenvalue weighted by Crippen LogP contribution is -2.46. The third kappa shape index (κ3) is 5.96. The van der Waals surface area contributed by atoms with Gasteiger partial charge in [-0.25, -0.2) is 0 Å². The van der Waals surface area contributed by atoms with E-state index in [9.17, 15) is 0 Å². The van der Waals surface area contributed by atoms with Crippen molar-refractivity contribution in [1.82, 2.24) is 14.0 Å². The third-order valence-electron chi connectivity index (χ3n) is 4.87. The Balaban J connectivity index is 2.26. The molecule has 0 saturated carbocycles. The van der Waals surface area contributed by atoms with Crippen LogP contribution < -0.4 is 0 Å². The Bertz CT molecular complexity index is 293. The first-order valence-electron chi connectivity index (χ1n) is 9.91. The van der Waals surface area contributed by atoms with Crippen molar-refractivity contribution in [2.75, 3.05) is 39.3 Å². The van der Waals surface area contributed by atoms with E-state index in [-0.39, 0.29) is 8.37 Å². The standard InChI is InChI=1S/C19H40N3P/c1-16(2)13-20-10-7-19-8-11-21(14-17(3)4)23(20)22(12-9-19)15-18(5)6/h16-19H,7-15H2,1-6H3. The van der Waals surface area contributed by atoms with Gasteiger partial charge in [-0.3, -0.25) is 14.0 Å². The van der Waals surface area contributed by atoms with Gasteiger partial charge < -0.3 is 0 Å². The number of nitrogens with zero attached hydrogens (tertiary/aromatic N) is 3. The van der Waals surface area contributed by atoms with Crippen molar-refractivity contribution >= 4 is 8.37 Å². The molecule has 23 heavy (non-hydrogen) atoms. The molecule has 0 aromatic heterocycles. The van der Waals surface area contributed by atoms with Crippen LogP contribution in [0.2, 0.25) is 0 Å². The SMILES string of the molecule is CC(C)CN1CCC2CCN(CC(C)C)P1N(CC(C)C)CC2. The summed E-state index contributed by atoms with van der Waals surface area (Å²) in [6.07, 6.45) is 4.28. The summed E-state index contributed by atoms with van der Waals surface area (Å²) in [6, 6.07) is 0. The van der Waals surface area contributed by atoms with Crippen molar-refractivity contribution in [3.05, 3.63) is 0 Å². The summed E-state index contributed by atoms with van der Waals surface area (Å²) in [6.45, 7) is 22.1. The summed E-state index contributed by atoms with van der Waals surface area (Å²) in [7, 11) is -0.265. The molecule has 3 aliphatic rings. The topological polar surface area (TPSA) is 9.72 Å². The van der Waals surface area contributed by atoms with Gasteiger partial charge in [0.05, 0.1) is 0 Å². The first-order valence-corrected chi connectivity index (χ1v) is 11.1. The van der Waals surface area contributed by atoms with Crippen molar-refractivity contribution in [1.29, 1.82) is 0 Å². The first-order chi connectivity index (χ1) is 10.9. The predicted molar refractivity (Wildman–Crippen MR) is 103 cm³/mol. The highest BCUT2D eigenvalue weighted by molar-refractivity contribution is 7.50. The molecule has 0 aromatic carbocycles. The van der Waals surface area contributed by atoms with Gasteiger partial charge in [-0.1, -0.05) is 41.5 Å². The fourth-order valence-electron chi connectivity index (χ4n) is 3.99. The maximum atomic E-state index is 2.87. The van der Waals surface area contributed by atoms with Gasteiger partial charge in [0.1, 0.15) is 8.37 Å². The summed E-state index contributed by atoms with van der Waals surface area (Å²) in [4.78, 5) is 0. The number of rotatable bonds is 6. The van der Waals surface area contributed by atoms with Crippen LogP contribution in [0.5, 0.6) is 0 Å². The smallest absolute Gasteiger partial charge is 0.120 e. The Morgan fingerprint density at radius 1 is 0.652 bits per heavy atom. The van der Waals surface area contributed by atoms with Crippen molar-refractivity contribution in [3.63, 3.8) is 0 Å². The highest BCUT2D eigenvalue weighted by atomic mass is 31.2. The Kier molecular flexibility index (Phi) is 7.79. The average molecular weight is 342 g/mol. The molecule has 3 nitrogen and oxygen atoms in total. The summed E-state index contributed by atoms with van der Waals surface area (Å²) in [5.74, 6) is 3.23. The second-order valence-electron chi connectivity index (χ2n) is 8.92. The van der Waals surface area contributed by atoms with Crippen molar-refractivity contribution in [3.8, 4) is 0 Å². The van der Waals surface area contributed by atoms with Crippen LogP contribution in [0.4, 0.5) is 0 Å². The third-order valence-corrected chi connectivity index (χ3v) is 7.48. The molecule has 0 amide bonds. The molecular weight excluding hydrogens is 301 g/mol. The molecule has 3 heterocycles. The lowest BCUT2D eigenvalue weighted by molar-refractivity contribution is 0.194. The zero-order valence-electron chi connectivity index (χ0n) is 16.5. The van der Waals surface area contributed by atoms with Crippen LogP contribution in [0.3, 0.4) is 0 Å². The Labute approximate surface area is 146 Å². The Morgan fingerprint density at radius 2 is 0.957 bits per heavy atom. The van der Waals surface area contributed by atoms with Crippen molar-refractivity contribution in [2.24, 2.45) is 23.7 Å². The molecule has 3 rings (SSSR count). The monoisotopic (exact) mass is 341 g/mol. The summed E-state index contributed by atoms with van der Waals surface area (Å²) < 4.78 is 8.61. The quantitative estimate of drug-likeness (QED) is 0.636. The highest BCUT2D eigenvalue weighted by Crippen LogP contribution is 2.52. The first kappa shape index (κ1) is 19.6. The molecule has 136 valence electrons. The minimum absolute atomic E-state index is 0.265. The van der Waals surface area contributed by atoms with Crippen LogP contribution in [0, 0.1) is 23.7 Å². The second-order valence-corrected chi connectivity index (χ2v) is 11.2. The van der Waals surface area contributed by atoms with Gasteiger partial charge in [0.15, 0.2) is 0 Å². The summed E-state index contributed by atoms with van der Waals surface area (Å²) >= 11 is 0. The lowest BCUT2D eigenvalue weighted by atomic mass is 9.96. The van der Waals surface area contributed by atoms with Crippen LogP contribution in [0.25, 0.3) is 0 Å². The maximum absolute atomic E-state index is 2.87.